The van der Waals surface area contributed by atoms with Crippen LogP contribution in [0.2, 0.25) is 0 Å². The summed E-state index contributed by atoms with van der Waals surface area (Å²) in [6.45, 7) is 0.697. The molecule has 3 aromatic heterocycles. The van der Waals surface area contributed by atoms with Gasteiger partial charge in [-0.3, -0.25) is 0 Å². The molecule has 3 rings (SSSR count). The Balaban J connectivity index is 1.96. The predicted molar refractivity (Wildman–Crippen MR) is 82.3 cm³/mol. The molecule has 0 saturated carbocycles. The number of hydrogen-bond acceptors (Lipinski definition) is 7. The maximum atomic E-state index is 4.47. The molecule has 0 amide bonds. The van der Waals surface area contributed by atoms with E-state index in [-0.39, 0.29) is 0 Å². The average Bonchev–Trinajstić information content (AvgIpc) is 3.04. The minimum Gasteiger partial charge on any atom is -0.351 e. The first-order valence-electron chi connectivity index (χ1n) is 6.02. The van der Waals surface area contributed by atoms with Gasteiger partial charge in [0.15, 0.2) is 15.8 Å². The highest BCUT2D eigenvalue weighted by Gasteiger charge is 2.14. The minimum absolute atomic E-state index is 0.697. The van der Waals surface area contributed by atoms with Gasteiger partial charge in [-0.15, -0.1) is 11.3 Å². The van der Waals surface area contributed by atoms with E-state index >= 15 is 0 Å². The molecule has 104 valence electrons. The summed E-state index contributed by atoms with van der Waals surface area (Å²) >= 11 is 3.25. The van der Waals surface area contributed by atoms with Crippen molar-refractivity contribution in [2.75, 3.05) is 18.2 Å². The van der Waals surface area contributed by atoms with Gasteiger partial charge in [0.2, 0.25) is 0 Å². The maximum absolute atomic E-state index is 4.47. The first-order chi connectivity index (χ1) is 9.69. The van der Waals surface area contributed by atoms with Crippen LogP contribution in [0.4, 0.5) is 5.82 Å². The van der Waals surface area contributed by atoms with Crippen LogP contribution >= 0.6 is 23.1 Å². The Labute approximate surface area is 124 Å². The molecule has 0 radical (unpaired) electrons. The monoisotopic (exact) mass is 306 g/mol. The van der Waals surface area contributed by atoms with Crippen LogP contribution in [0.1, 0.15) is 5.82 Å². The standard InChI is InChI=1S/C12H14N6S2/c1-17-5-4-13-8(17)6-18(2)11-9-10(14-7-15-11)16-12(19-3)20-9/h4-5,7H,6H2,1-3H3. The number of hydrogen-bond donors (Lipinski definition) is 0. The molecule has 0 fully saturated rings. The van der Waals surface area contributed by atoms with Crippen LogP contribution < -0.4 is 4.90 Å². The molecule has 0 bridgehead atoms. The predicted octanol–water partition coefficient (Wildman–Crippen LogP) is 2.18. The number of anilines is 1. The van der Waals surface area contributed by atoms with E-state index in [0.29, 0.717) is 6.54 Å². The lowest BCUT2D eigenvalue weighted by molar-refractivity contribution is 0.757. The van der Waals surface area contributed by atoms with Gasteiger partial charge in [0.25, 0.3) is 0 Å². The van der Waals surface area contributed by atoms with Gasteiger partial charge >= 0.3 is 0 Å². The Bertz CT molecular complexity index is 734. The van der Waals surface area contributed by atoms with E-state index in [2.05, 4.69) is 24.8 Å². The molecule has 0 aliphatic heterocycles. The first kappa shape index (κ1) is 13.3. The highest BCUT2D eigenvalue weighted by molar-refractivity contribution is 8.00. The Morgan fingerprint density at radius 2 is 2.20 bits per heavy atom. The lowest BCUT2D eigenvalue weighted by atomic mass is 10.4. The summed E-state index contributed by atoms with van der Waals surface area (Å²) in [4.78, 5) is 19.5. The summed E-state index contributed by atoms with van der Waals surface area (Å²) < 4.78 is 4.04. The third-order valence-corrected chi connectivity index (χ3v) is 5.01. The molecule has 3 aromatic rings. The van der Waals surface area contributed by atoms with Crippen LogP contribution in [0.15, 0.2) is 23.1 Å². The van der Waals surface area contributed by atoms with Crippen LogP contribution in [0.5, 0.6) is 0 Å². The van der Waals surface area contributed by atoms with Crippen molar-refractivity contribution in [3.05, 3.63) is 24.5 Å². The van der Waals surface area contributed by atoms with Crippen LogP contribution in [0.25, 0.3) is 10.3 Å². The zero-order valence-electron chi connectivity index (χ0n) is 11.4. The van der Waals surface area contributed by atoms with Gasteiger partial charge in [-0.25, -0.2) is 19.9 Å². The van der Waals surface area contributed by atoms with E-state index in [1.54, 1.807) is 35.6 Å². The maximum Gasteiger partial charge on any atom is 0.176 e. The smallest absolute Gasteiger partial charge is 0.176 e. The Kier molecular flexibility index (Phi) is 3.58. The van der Waals surface area contributed by atoms with Crippen molar-refractivity contribution in [2.24, 2.45) is 7.05 Å². The summed E-state index contributed by atoms with van der Waals surface area (Å²) in [6.07, 6.45) is 7.33. The van der Waals surface area contributed by atoms with Crippen molar-refractivity contribution in [3.63, 3.8) is 0 Å². The fraction of sp³-hybridized carbons (Fsp3) is 0.333. The second kappa shape index (κ2) is 5.37. The quantitative estimate of drug-likeness (QED) is 0.689. The van der Waals surface area contributed by atoms with Gasteiger partial charge < -0.3 is 9.47 Å². The summed E-state index contributed by atoms with van der Waals surface area (Å²) in [5.41, 5.74) is 0.760. The van der Waals surface area contributed by atoms with E-state index in [1.807, 2.05) is 31.1 Å². The molecule has 0 saturated heterocycles. The molecular formula is C12H14N6S2. The lowest BCUT2D eigenvalue weighted by Gasteiger charge is -2.17. The van der Waals surface area contributed by atoms with Gasteiger partial charge in [0.05, 0.1) is 6.54 Å². The second-order valence-corrected chi connectivity index (χ2v) is 6.40. The number of fused-ring (bicyclic) bond motifs is 1. The van der Waals surface area contributed by atoms with Crippen LogP contribution in [-0.4, -0.2) is 37.8 Å². The van der Waals surface area contributed by atoms with Crippen molar-refractivity contribution in [1.29, 1.82) is 0 Å². The van der Waals surface area contributed by atoms with Gasteiger partial charge in [0.1, 0.15) is 16.9 Å². The summed E-state index contributed by atoms with van der Waals surface area (Å²) in [5.74, 6) is 1.89. The second-order valence-electron chi connectivity index (χ2n) is 4.34. The van der Waals surface area contributed by atoms with Crippen LogP contribution in [0.3, 0.4) is 0 Å². The normalized spacial score (nSPS) is 11.2. The Morgan fingerprint density at radius 1 is 1.35 bits per heavy atom. The molecule has 0 N–H and O–H groups in total. The highest BCUT2D eigenvalue weighted by atomic mass is 32.2. The van der Waals surface area contributed by atoms with Gasteiger partial charge in [-0.2, -0.15) is 0 Å². The van der Waals surface area contributed by atoms with Gasteiger partial charge in [-0.1, -0.05) is 11.8 Å². The molecule has 0 aliphatic rings. The van der Waals surface area contributed by atoms with Crippen molar-refractivity contribution in [2.45, 2.75) is 10.9 Å². The third-order valence-electron chi connectivity index (χ3n) is 2.99. The third kappa shape index (κ3) is 2.36. The topological polar surface area (TPSA) is 59.7 Å². The zero-order chi connectivity index (χ0) is 14.1. The molecule has 3 heterocycles. The van der Waals surface area contributed by atoms with Crippen LogP contribution in [0, 0.1) is 0 Å². The van der Waals surface area contributed by atoms with E-state index < -0.39 is 0 Å². The number of imidazole rings is 1. The lowest BCUT2D eigenvalue weighted by Crippen LogP contribution is -2.20. The molecule has 8 heteroatoms. The summed E-state index contributed by atoms with van der Waals surface area (Å²) in [6, 6.07) is 0. The SMILES string of the molecule is CSc1nc2ncnc(N(C)Cc3nccn3C)c2s1. The fourth-order valence-corrected chi connectivity index (χ4v) is 3.48. The molecule has 0 aromatic carbocycles. The van der Waals surface area contributed by atoms with Gasteiger partial charge in [0, 0.05) is 26.5 Å². The molecule has 20 heavy (non-hydrogen) atoms. The van der Waals surface area contributed by atoms with E-state index in [0.717, 1.165) is 26.3 Å². The highest BCUT2D eigenvalue weighted by Crippen LogP contribution is 2.32. The molecule has 0 atom stereocenters. The van der Waals surface area contributed by atoms with Crippen molar-refractivity contribution < 1.29 is 0 Å². The first-order valence-corrected chi connectivity index (χ1v) is 8.06. The van der Waals surface area contributed by atoms with Crippen molar-refractivity contribution in [3.8, 4) is 0 Å². The van der Waals surface area contributed by atoms with E-state index in [4.69, 9.17) is 0 Å². The number of aryl methyl sites for hydroxylation is 1. The van der Waals surface area contributed by atoms with Crippen molar-refractivity contribution in [1.82, 2.24) is 24.5 Å². The van der Waals surface area contributed by atoms with Gasteiger partial charge in [-0.05, 0) is 6.26 Å². The van der Waals surface area contributed by atoms with Crippen LogP contribution in [-0.2, 0) is 13.6 Å². The largest absolute Gasteiger partial charge is 0.351 e. The molecule has 0 aliphatic carbocycles. The molecule has 0 spiro atoms. The average molecular weight is 306 g/mol. The number of rotatable bonds is 4. The zero-order valence-corrected chi connectivity index (χ0v) is 13.1. The fourth-order valence-electron chi connectivity index (χ4n) is 1.92. The Hall–Kier alpha value is -1.67. The molecule has 0 unspecified atom stereocenters. The number of nitrogens with zero attached hydrogens (tertiary/aromatic N) is 6. The Morgan fingerprint density at radius 3 is 2.90 bits per heavy atom. The van der Waals surface area contributed by atoms with Crippen molar-refractivity contribution >= 4 is 39.3 Å². The minimum atomic E-state index is 0.697. The molecule has 6 nitrogen and oxygen atoms in total. The molecular weight excluding hydrogens is 292 g/mol. The summed E-state index contributed by atoms with van der Waals surface area (Å²) in [5, 5.41) is 0. The summed E-state index contributed by atoms with van der Waals surface area (Å²) in [7, 11) is 4.00. The van der Waals surface area contributed by atoms with E-state index in [1.165, 1.54) is 0 Å². The number of aromatic nitrogens is 5. The number of thiazole rings is 1. The number of thioether (sulfide) groups is 1. The van der Waals surface area contributed by atoms with E-state index in [9.17, 15) is 0 Å².